The van der Waals surface area contributed by atoms with Gasteiger partial charge in [-0.15, -0.1) is 11.3 Å². The van der Waals surface area contributed by atoms with E-state index in [0.717, 1.165) is 4.88 Å². The molecule has 1 aromatic heterocycles. The number of carbonyl (C=O) groups is 1. The molecule has 1 heterocycles. The molecule has 6 heteroatoms. The first-order valence-corrected chi connectivity index (χ1v) is 5.85. The maximum Gasteiger partial charge on any atom is 0.319 e. The topological polar surface area (TPSA) is 68.5 Å². The Morgan fingerprint density at radius 3 is 2.81 bits per heavy atom. The fraction of sp³-hybridized carbons (Fsp3) is 0.600. The highest BCUT2D eigenvalue weighted by molar-refractivity contribution is 7.15. The van der Waals surface area contributed by atoms with Gasteiger partial charge >= 0.3 is 5.97 Å². The average molecular weight is 243 g/mol. The van der Waals surface area contributed by atoms with E-state index in [1.54, 1.807) is 6.20 Å². The zero-order chi connectivity index (χ0) is 12.1. The summed E-state index contributed by atoms with van der Waals surface area (Å²) in [5.74, 6) is -0.230. The van der Waals surface area contributed by atoms with Crippen molar-refractivity contribution in [3.63, 3.8) is 0 Å². The lowest BCUT2D eigenvalue weighted by Gasteiger charge is -2.24. The number of nitrogen functional groups attached to an aromatic ring is 1. The molecule has 2 N–H and O–H groups in total. The highest BCUT2D eigenvalue weighted by Crippen LogP contribution is 2.17. The second-order valence-electron chi connectivity index (χ2n) is 3.74. The van der Waals surface area contributed by atoms with Gasteiger partial charge in [0.15, 0.2) is 5.13 Å². The van der Waals surface area contributed by atoms with Gasteiger partial charge in [0, 0.05) is 23.7 Å². The van der Waals surface area contributed by atoms with Crippen LogP contribution < -0.4 is 5.73 Å². The molecule has 1 aromatic rings. The minimum Gasteiger partial charge on any atom is -0.468 e. The number of hydrogen-bond donors (Lipinski definition) is 1. The zero-order valence-corrected chi connectivity index (χ0v) is 10.6. The van der Waals surface area contributed by atoms with Crippen LogP contribution in [-0.2, 0) is 16.1 Å². The Balaban J connectivity index is 2.61. The van der Waals surface area contributed by atoms with Crippen LogP contribution in [0.15, 0.2) is 6.20 Å². The fourth-order valence-electron chi connectivity index (χ4n) is 1.25. The van der Waals surface area contributed by atoms with Crippen LogP contribution in [0.25, 0.3) is 0 Å². The van der Waals surface area contributed by atoms with Crippen LogP contribution >= 0.6 is 11.3 Å². The van der Waals surface area contributed by atoms with E-state index in [4.69, 9.17) is 5.73 Å². The van der Waals surface area contributed by atoms with Crippen LogP contribution in [0.3, 0.4) is 0 Å². The number of carbonyl (C=O) groups excluding carboxylic acids is 1. The molecule has 0 aromatic carbocycles. The average Bonchev–Trinajstić information content (AvgIpc) is 2.62. The third kappa shape index (κ3) is 3.79. The molecule has 0 fully saturated rings. The Kier molecular flexibility index (Phi) is 4.70. The molecule has 90 valence electrons. The molecule has 0 atom stereocenters. The number of thiazole rings is 1. The van der Waals surface area contributed by atoms with Crippen LogP contribution in [0.2, 0.25) is 0 Å². The van der Waals surface area contributed by atoms with Crippen molar-refractivity contribution in [1.29, 1.82) is 0 Å². The highest BCUT2D eigenvalue weighted by Gasteiger charge is 2.15. The summed E-state index contributed by atoms with van der Waals surface area (Å²) >= 11 is 1.44. The third-order valence-corrected chi connectivity index (χ3v) is 3.03. The molecule has 0 amide bonds. The van der Waals surface area contributed by atoms with Crippen molar-refractivity contribution in [3.8, 4) is 0 Å². The summed E-state index contributed by atoms with van der Waals surface area (Å²) < 4.78 is 4.66. The first-order chi connectivity index (χ1) is 7.52. The maximum atomic E-state index is 11.2. The van der Waals surface area contributed by atoms with Gasteiger partial charge < -0.3 is 10.5 Å². The highest BCUT2D eigenvalue weighted by atomic mass is 32.1. The van der Waals surface area contributed by atoms with Gasteiger partial charge in [-0.2, -0.15) is 0 Å². The van der Waals surface area contributed by atoms with E-state index in [2.05, 4.69) is 9.72 Å². The number of methoxy groups -OCH3 is 1. The molecule has 0 bridgehead atoms. The molecule has 0 aliphatic rings. The number of nitrogens with zero attached hydrogens (tertiary/aromatic N) is 2. The molecule has 0 radical (unpaired) electrons. The number of ether oxygens (including phenoxy) is 1. The standard InChI is InChI=1S/C10H17N3O2S/c1-7(2)13(6-9(14)15-3)5-8-4-12-10(11)16-8/h4,7H,5-6H2,1-3H3,(H2,11,12). The quantitative estimate of drug-likeness (QED) is 0.785. The Hall–Kier alpha value is -1.14. The van der Waals surface area contributed by atoms with E-state index in [0.29, 0.717) is 11.7 Å². The van der Waals surface area contributed by atoms with E-state index in [1.165, 1.54) is 18.4 Å². The van der Waals surface area contributed by atoms with Crippen molar-refractivity contribution >= 4 is 22.4 Å². The van der Waals surface area contributed by atoms with Gasteiger partial charge in [0.1, 0.15) is 0 Å². The molecule has 5 nitrogen and oxygen atoms in total. The van der Waals surface area contributed by atoms with Crippen LogP contribution in [0.4, 0.5) is 5.13 Å². The summed E-state index contributed by atoms with van der Waals surface area (Å²) in [6, 6.07) is 0.266. The summed E-state index contributed by atoms with van der Waals surface area (Å²) in [6.45, 7) is 5.02. The van der Waals surface area contributed by atoms with Gasteiger partial charge in [0.25, 0.3) is 0 Å². The molecular formula is C10H17N3O2S. The zero-order valence-electron chi connectivity index (χ0n) is 9.77. The Morgan fingerprint density at radius 2 is 2.38 bits per heavy atom. The molecule has 0 aliphatic carbocycles. The molecule has 0 aliphatic heterocycles. The first-order valence-electron chi connectivity index (χ1n) is 5.04. The number of hydrogen-bond acceptors (Lipinski definition) is 6. The van der Waals surface area contributed by atoms with Crippen molar-refractivity contribution in [2.45, 2.75) is 26.4 Å². The number of aromatic nitrogens is 1. The maximum absolute atomic E-state index is 11.2. The predicted molar refractivity (Wildman–Crippen MR) is 64.1 cm³/mol. The van der Waals surface area contributed by atoms with Gasteiger partial charge in [0.2, 0.25) is 0 Å². The van der Waals surface area contributed by atoms with E-state index < -0.39 is 0 Å². The summed E-state index contributed by atoms with van der Waals surface area (Å²) in [7, 11) is 1.39. The molecule has 0 saturated heterocycles. The number of nitrogens with two attached hydrogens (primary N) is 1. The third-order valence-electron chi connectivity index (χ3n) is 2.22. The first kappa shape index (κ1) is 12.9. The lowest BCUT2D eigenvalue weighted by atomic mass is 10.3. The molecule has 0 unspecified atom stereocenters. The fourth-order valence-corrected chi connectivity index (χ4v) is 1.96. The summed E-state index contributed by atoms with van der Waals surface area (Å²) in [4.78, 5) is 18.3. The summed E-state index contributed by atoms with van der Waals surface area (Å²) in [5.41, 5.74) is 5.56. The lowest BCUT2D eigenvalue weighted by Crippen LogP contribution is -2.35. The molecule has 16 heavy (non-hydrogen) atoms. The smallest absolute Gasteiger partial charge is 0.319 e. The van der Waals surface area contributed by atoms with Gasteiger partial charge in [0.05, 0.1) is 13.7 Å². The van der Waals surface area contributed by atoms with Gasteiger partial charge in [-0.05, 0) is 13.8 Å². The Labute approximate surface area is 99.2 Å². The largest absolute Gasteiger partial charge is 0.468 e. The minimum absolute atomic E-state index is 0.230. The second-order valence-corrected chi connectivity index (χ2v) is 4.89. The minimum atomic E-state index is -0.230. The van der Waals surface area contributed by atoms with Crippen molar-refractivity contribution in [1.82, 2.24) is 9.88 Å². The number of anilines is 1. The lowest BCUT2D eigenvalue weighted by molar-refractivity contribution is -0.142. The van der Waals surface area contributed by atoms with E-state index in [9.17, 15) is 4.79 Å². The van der Waals surface area contributed by atoms with Crippen LogP contribution in [0.5, 0.6) is 0 Å². The van der Waals surface area contributed by atoms with Gasteiger partial charge in [-0.25, -0.2) is 4.98 Å². The Bertz CT molecular complexity index is 352. The van der Waals surface area contributed by atoms with E-state index in [-0.39, 0.29) is 18.6 Å². The molecule has 0 saturated carbocycles. The van der Waals surface area contributed by atoms with Gasteiger partial charge in [-0.3, -0.25) is 9.69 Å². The molecule has 0 spiro atoms. The van der Waals surface area contributed by atoms with Crippen LogP contribution in [0, 0.1) is 0 Å². The number of rotatable bonds is 5. The van der Waals surface area contributed by atoms with Crippen molar-refractivity contribution in [2.75, 3.05) is 19.4 Å². The molecular weight excluding hydrogens is 226 g/mol. The van der Waals surface area contributed by atoms with Crippen molar-refractivity contribution in [3.05, 3.63) is 11.1 Å². The summed E-state index contributed by atoms with van der Waals surface area (Å²) in [5, 5.41) is 0.553. The SMILES string of the molecule is COC(=O)CN(Cc1cnc(N)s1)C(C)C. The monoisotopic (exact) mass is 243 g/mol. The van der Waals surface area contributed by atoms with E-state index in [1.807, 2.05) is 18.7 Å². The normalized spacial score (nSPS) is 11.1. The Morgan fingerprint density at radius 1 is 1.69 bits per heavy atom. The number of esters is 1. The van der Waals surface area contributed by atoms with Crippen LogP contribution in [-0.4, -0.2) is 35.5 Å². The van der Waals surface area contributed by atoms with Crippen LogP contribution in [0.1, 0.15) is 18.7 Å². The van der Waals surface area contributed by atoms with Gasteiger partial charge in [-0.1, -0.05) is 0 Å². The second kappa shape index (κ2) is 5.81. The van der Waals surface area contributed by atoms with Crippen molar-refractivity contribution < 1.29 is 9.53 Å². The van der Waals surface area contributed by atoms with Crippen molar-refractivity contribution in [2.24, 2.45) is 0 Å². The van der Waals surface area contributed by atoms with E-state index >= 15 is 0 Å². The summed E-state index contributed by atoms with van der Waals surface area (Å²) in [6.07, 6.45) is 1.74. The predicted octanol–water partition coefficient (Wildman–Crippen LogP) is 1.11. The molecule has 1 rings (SSSR count).